The molecule has 0 amide bonds. The maximum atomic E-state index is 6.05. The van der Waals surface area contributed by atoms with Gasteiger partial charge in [0.1, 0.15) is 11.2 Å². The first kappa shape index (κ1) is 13.2. The molecule has 4 N–H and O–H groups in total. The number of benzene rings is 1. The Hall–Kier alpha value is -3.22. The number of nitrogens with zero attached hydrogens (tertiary/aromatic N) is 4. The van der Waals surface area contributed by atoms with E-state index in [4.69, 9.17) is 5.73 Å². The van der Waals surface area contributed by atoms with E-state index in [1.807, 2.05) is 30.3 Å². The zero-order chi connectivity index (χ0) is 16.1. The van der Waals surface area contributed by atoms with Crippen molar-refractivity contribution in [2.24, 2.45) is 0 Å². The molecule has 118 valence electrons. The van der Waals surface area contributed by atoms with E-state index < -0.39 is 0 Å². The van der Waals surface area contributed by atoms with Crippen molar-refractivity contribution < 1.29 is 0 Å². The van der Waals surface area contributed by atoms with Crippen LogP contribution in [0.3, 0.4) is 0 Å². The van der Waals surface area contributed by atoms with E-state index in [-0.39, 0.29) is 0 Å². The summed E-state index contributed by atoms with van der Waals surface area (Å²) >= 11 is 0. The van der Waals surface area contributed by atoms with Crippen molar-refractivity contribution in [1.29, 1.82) is 0 Å². The second-order valence-electron chi connectivity index (χ2n) is 6.03. The van der Waals surface area contributed by atoms with Gasteiger partial charge in [-0.2, -0.15) is 0 Å². The van der Waals surface area contributed by atoms with Gasteiger partial charge in [0, 0.05) is 11.4 Å². The number of nitrogen functional groups attached to an aromatic ring is 1. The molecule has 3 aromatic heterocycles. The number of aromatic nitrogens is 5. The predicted molar refractivity (Wildman–Crippen MR) is 93.5 cm³/mol. The summed E-state index contributed by atoms with van der Waals surface area (Å²) < 4.78 is 0. The lowest BCUT2D eigenvalue weighted by Gasteiger charge is -2.08. The van der Waals surface area contributed by atoms with Crippen molar-refractivity contribution in [2.75, 3.05) is 11.1 Å². The lowest BCUT2D eigenvalue weighted by atomic mass is 10.1. The smallest absolute Gasteiger partial charge is 0.183 e. The number of imidazole rings is 1. The zero-order valence-corrected chi connectivity index (χ0v) is 12.8. The Morgan fingerprint density at radius 1 is 1.08 bits per heavy atom. The lowest BCUT2D eigenvalue weighted by molar-refractivity contribution is 1.10. The van der Waals surface area contributed by atoms with Crippen molar-refractivity contribution in [2.45, 2.75) is 18.9 Å². The molecule has 1 aliphatic carbocycles. The van der Waals surface area contributed by atoms with Crippen molar-refractivity contribution in [1.82, 2.24) is 24.9 Å². The normalized spacial score (nSPS) is 14.3. The van der Waals surface area contributed by atoms with Crippen LogP contribution in [0.15, 0.2) is 36.7 Å². The molecule has 7 nitrogen and oxygen atoms in total. The monoisotopic (exact) mass is 317 g/mol. The summed E-state index contributed by atoms with van der Waals surface area (Å²) in [4.78, 5) is 21.2. The number of H-pyrrole nitrogens is 1. The summed E-state index contributed by atoms with van der Waals surface area (Å²) in [5, 5.41) is 4.43. The number of para-hydroxylation sites is 1. The lowest BCUT2D eigenvalue weighted by Crippen LogP contribution is -2.06. The minimum atomic E-state index is 0.486. The fourth-order valence-corrected chi connectivity index (χ4v) is 2.77. The number of hydrogen-bond donors (Lipinski definition) is 3. The minimum Gasteiger partial charge on any atom is -0.397 e. The van der Waals surface area contributed by atoms with E-state index in [1.165, 1.54) is 12.8 Å². The summed E-state index contributed by atoms with van der Waals surface area (Å²) in [6, 6.07) is 10.1. The summed E-state index contributed by atoms with van der Waals surface area (Å²) in [5.74, 6) is 1.32. The standard InChI is InChI=1S/C17H15N7/c18-11-3-1-2-9-4-7-12(22-13(9)11)15-23-16-14(19-8-20-16)17(24-15)21-10-5-6-10/h1-4,7-8,10H,5-6,18H2,(H2,19,20,21,23,24). The third-order valence-corrected chi connectivity index (χ3v) is 4.18. The summed E-state index contributed by atoms with van der Waals surface area (Å²) in [6.45, 7) is 0. The fourth-order valence-electron chi connectivity index (χ4n) is 2.77. The topological polar surface area (TPSA) is 105 Å². The fraction of sp³-hybridized carbons (Fsp3) is 0.176. The van der Waals surface area contributed by atoms with E-state index in [0.29, 0.717) is 28.9 Å². The van der Waals surface area contributed by atoms with Crippen LogP contribution in [0.4, 0.5) is 11.5 Å². The van der Waals surface area contributed by atoms with E-state index in [0.717, 1.165) is 22.2 Å². The Bertz CT molecular complexity index is 1070. The van der Waals surface area contributed by atoms with E-state index >= 15 is 0 Å². The molecule has 0 atom stereocenters. The van der Waals surface area contributed by atoms with Crippen LogP contribution in [0.5, 0.6) is 0 Å². The quantitative estimate of drug-likeness (QED) is 0.502. The highest BCUT2D eigenvalue weighted by atomic mass is 15.1. The van der Waals surface area contributed by atoms with Crippen LogP contribution in [-0.2, 0) is 0 Å². The maximum absolute atomic E-state index is 6.05. The van der Waals surface area contributed by atoms with Crippen LogP contribution >= 0.6 is 0 Å². The maximum Gasteiger partial charge on any atom is 0.183 e. The number of pyridine rings is 1. The van der Waals surface area contributed by atoms with Crippen LogP contribution in [0.2, 0.25) is 0 Å². The summed E-state index contributed by atoms with van der Waals surface area (Å²) in [5.41, 5.74) is 9.59. The Morgan fingerprint density at radius 2 is 2.00 bits per heavy atom. The predicted octanol–water partition coefficient (Wildman–Crippen LogP) is 2.72. The van der Waals surface area contributed by atoms with Gasteiger partial charge in [-0.3, -0.25) is 0 Å². The highest BCUT2D eigenvalue weighted by Crippen LogP contribution is 2.29. The van der Waals surface area contributed by atoms with Gasteiger partial charge in [0.25, 0.3) is 0 Å². The molecule has 0 spiro atoms. The third-order valence-electron chi connectivity index (χ3n) is 4.18. The molecule has 0 radical (unpaired) electrons. The molecule has 0 saturated heterocycles. The molecule has 0 bridgehead atoms. The largest absolute Gasteiger partial charge is 0.397 e. The molecule has 0 aliphatic heterocycles. The average Bonchev–Trinajstić information content (AvgIpc) is 3.28. The van der Waals surface area contributed by atoms with E-state index in [9.17, 15) is 0 Å². The Labute approximate surface area is 137 Å². The number of nitrogens with two attached hydrogens (primary N) is 1. The Morgan fingerprint density at radius 3 is 2.88 bits per heavy atom. The van der Waals surface area contributed by atoms with Crippen molar-refractivity contribution in [3.8, 4) is 11.5 Å². The summed E-state index contributed by atoms with van der Waals surface area (Å²) in [6.07, 6.45) is 3.96. The average molecular weight is 317 g/mol. The minimum absolute atomic E-state index is 0.486. The van der Waals surface area contributed by atoms with Gasteiger partial charge in [0.05, 0.1) is 17.5 Å². The van der Waals surface area contributed by atoms with Crippen molar-refractivity contribution >= 4 is 33.6 Å². The van der Waals surface area contributed by atoms with Gasteiger partial charge >= 0.3 is 0 Å². The number of rotatable bonds is 3. The van der Waals surface area contributed by atoms with Crippen molar-refractivity contribution in [3.05, 3.63) is 36.7 Å². The SMILES string of the molecule is Nc1cccc2ccc(-c3nc(NC4CC4)c4[nH]cnc4n3)nc12. The Balaban J connectivity index is 1.69. The number of anilines is 2. The third kappa shape index (κ3) is 2.13. The first-order valence-electron chi connectivity index (χ1n) is 7.91. The zero-order valence-electron chi connectivity index (χ0n) is 12.8. The van der Waals surface area contributed by atoms with Crippen LogP contribution < -0.4 is 11.1 Å². The molecular weight excluding hydrogens is 302 g/mol. The number of aromatic amines is 1. The molecule has 5 rings (SSSR count). The van der Waals surface area contributed by atoms with Gasteiger partial charge in [0.15, 0.2) is 17.3 Å². The van der Waals surface area contributed by atoms with Crippen molar-refractivity contribution in [3.63, 3.8) is 0 Å². The van der Waals surface area contributed by atoms with Gasteiger partial charge in [0.2, 0.25) is 0 Å². The molecule has 1 aromatic carbocycles. The number of fused-ring (bicyclic) bond motifs is 2. The second kappa shape index (κ2) is 4.89. The van der Waals surface area contributed by atoms with Gasteiger partial charge < -0.3 is 16.0 Å². The molecule has 1 aliphatic rings. The molecular formula is C17H15N7. The first-order chi connectivity index (χ1) is 11.8. The molecule has 7 heteroatoms. The summed E-state index contributed by atoms with van der Waals surface area (Å²) in [7, 11) is 0. The van der Waals surface area contributed by atoms with Crippen LogP contribution in [-0.4, -0.2) is 31.0 Å². The van der Waals surface area contributed by atoms with E-state index in [2.05, 4.69) is 30.2 Å². The molecule has 24 heavy (non-hydrogen) atoms. The van der Waals surface area contributed by atoms with Gasteiger partial charge in [-0.05, 0) is 25.0 Å². The molecule has 1 saturated carbocycles. The number of hydrogen-bond acceptors (Lipinski definition) is 6. The van der Waals surface area contributed by atoms with Crippen LogP contribution in [0.1, 0.15) is 12.8 Å². The molecule has 3 heterocycles. The molecule has 4 aromatic rings. The van der Waals surface area contributed by atoms with Crippen LogP contribution in [0, 0.1) is 0 Å². The van der Waals surface area contributed by atoms with Crippen LogP contribution in [0.25, 0.3) is 33.6 Å². The number of nitrogens with one attached hydrogen (secondary N) is 2. The van der Waals surface area contributed by atoms with Gasteiger partial charge in [-0.25, -0.2) is 19.9 Å². The highest BCUT2D eigenvalue weighted by molar-refractivity contribution is 5.91. The first-order valence-corrected chi connectivity index (χ1v) is 7.91. The van der Waals surface area contributed by atoms with E-state index in [1.54, 1.807) is 6.33 Å². The van der Waals surface area contributed by atoms with Gasteiger partial charge in [-0.1, -0.05) is 18.2 Å². The Kier molecular flexibility index (Phi) is 2.70. The molecule has 0 unspecified atom stereocenters. The highest BCUT2D eigenvalue weighted by Gasteiger charge is 2.23. The second-order valence-corrected chi connectivity index (χ2v) is 6.03. The molecule has 1 fully saturated rings. The van der Waals surface area contributed by atoms with Gasteiger partial charge in [-0.15, -0.1) is 0 Å².